The van der Waals surface area contributed by atoms with Crippen molar-refractivity contribution in [3.63, 3.8) is 0 Å². The van der Waals surface area contributed by atoms with Crippen molar-refractivity contribution in [2.24, 2.45) is 0 Å². The van der Waals surface area contributed by atoms with E-state index < -0.39 is 0 Å². The van der Waals surface area contributed by atoms with Gasteiger partial charge in [0.2, 0.25) is 0 Å². The van der Waals surface area contributed by atoms with Crippen molar-refractivity contribution >= 4 is 40.5 Å². The zero-order valence-electron chi connectivity index (χ0n) is 15.6. The zero-order valence-corrected chi connectivity index (χ0v) is 16.5. The van der Waals surface area contributed by atoms with Gasteiger partial charge in [-0.05, 0) is 60.7 Å². The van der Waals surface area contributed by atoms with Gasteiger partial charge in [-0.1, -0.05) is 30.3 Å². The monoisotopic (exact) mass is 405 g/mol. The first-order valence-corrected chi connectivity index (χ1v) is 9.19. The topological polar surface area (TPSA) is 79.5 Å². The van der Waals surface area contributed by atoms with Crippen LogP contribution in [0, 0.1) is 0 Å². The van der Waals surface area contributed by atoms with Crippen LogP contribution in [0.25, 0.3) is 0 Å². The van der Waals surface area contributed by atoms with Gasteiger partial charge in [0.25, 0.3) is 11.8 Å². The zero-order chi connectivity index (χ0) is 20.6. The lowest BCUT2D eigenvalue weighted by Gasteiger charge is -2.14. The number of nitrogens with one attached hydrogen (secondary N) is 3. The summed E-state index contributed by atoms with van der Waals surface area (Å²) in [4.78, 5) is 25.0. The number of amides is 2. The molecule has 3 rings (SSSR count). The van der Waals surface area contributed by atoms with Crippen molar-refractivity contribution in [1.82, 2.24) is 5.32 Å². The van der Waals surface area contributed by atoms with E-state index in [1.807, 2.05) is 18.2 Å². The Hall–Kier alpha value is -3.71. The van der Waals surface area contributed by atoms with Crippen LogP contribution >= 0.6 is 12.2 Å². The Balaban J connectivity index is 1.67. The van der Waals surface area contributed by atoms with E-state index in [4.69, 9.17) is 17.0 Å². The van der Waals surface area contributed by atoms with E-state index >= 15 is 0 Å². The summed E-state index contributed by atoms with van der Waals surface area (Å²) >= 11 is 5.24. The SMILES string of the molecule is COc1ccc(C(=O)NC(=S)Nc2ccccc2C(=O)Nc2ccccc2)cc1. The van der Waals surface area contributed by atoms with Crippen LogP contribution in [0.4, 0.5) is 11.4 Å². The Bertz CT molecular complexity index is 1020. The van der Waals surface area contributed by atoms with Crippen molar-refractivity contribution in [3.8, 4) is 5.75 Å². The van der Waals surface area contributed by atoms with Crippen LogP contribution in [0.1, 0.15) is 20.7 Å². The van der Waals surface area contributed by atoms with E-state index in [1.165, 1.54) is 0 Å². The van der Waals surface area contributed by atoms with Crippen molar-refractivity contribution in [2.45, 2.75) is 0 Å². The van der Waals surface area contributed by atoms with E-state index in [9.17, 15) is 9.59 Å². The van der Waals surface area contributed by atoms with Crippen molar-refractivity contribution in [1.29, 1.82) is 0 Å². The summed E-state index contributed by atoms with van der Waals surface area (Å²) in [6, 6.07) is 22.7. The maximum Gasteiger partial charge on any atom is 0.257 e. The fourth-order valence-corrected chi connectivity index (χ4v) is 2.78. The number of anilines is 2. The summed E-state index contributed by atoms with van der Waals surface area (Å²) in [5.74, 6) is 0.000518. The average Bonchev–Trinajstić information content (AvgIpc) is 2.74. The molecule has 3 aromatic rings. The number of carbonyl (C=O) groups excluding carboxylic acids is 2. The van der Waals surface area contributed by atoms with Gasteiger partial charge in [-0.3, -0.25) is 14.9 Å². The third-order valence-corrected chi connectivity index (χ3v) is 4.23. The number of hydrogen-bond donors (Lipinski definition) is 3. The lowest BCUT2D eigenvalue weighted by atomic mass is 10.1. The molecule has 0 bridgehead atoms. The summed E-state index contributed by atoms with van der Waals surface area (Å²) < 4.78 is 5.08. The van der Waals surface area contributed by atoms with Gasteiger partial charge in [0, 0.05) is 11.3 Å². The molecule has 0 saturated heterocycles. The molecular formula is C22H19N3O3S. The van der Waals surface area contributed by atoms with Crippen LogP contribution in [0.3, 0.4) is 0 Å². The van der Waals surface area contributed by atoms with Gasteiger partial charge in [0.1, 0.15) is 5.75 Å². The number of thiocarbonyl (C=S) groups is 1. The minimum Gasteiger partial charge on any atom is -0.497 e. The van der Waals surface area contributed by atoms with E-state index in [2.05, 4.69) is 16.0 Å². The molecular weight excluding hydrogens is 386 g/mol. The van der Waals surface area contributed by atoms with Gasteiger partial charge in [-0.2, -0.15) is 0 Å². The molecule has 0 saturated carbocycles. The van der Waals surface area contributed by atoms with Gasteiger partial charge in [-0.15, -0.1) is 0 Å². The molecule has 2 amide bonds. The first-order valence-electron chi connectivity index (χ1n) is 8.78. The highest BCUT2D eigenvalue weighted by Crippen LogP contribution is 2.17. The maximum atomic E-state index is 12.6. The number of methoxy groups -OCH3 is 1. The highest BCUT2D eigenvalue weighted by molar-refractivity contribution is 7.80. The van der Waals surface area contributed by atoms with Gasteiger partial charge in [0.15, 0.2) is 5.11 Å². The molecule has 3 N–H and O–H groups in total. The second-order valence-electron chi connectivity index (χ2n) is 6.00. The molecule has 0 fully saturated rings. The second kappa shape index (κ2) is 9.48. The number of hydrogen-bond acceptors (Lipinski definition) is 4. The van der Waals surface area contributed by atoms with Gasteiger partial charge in [0.05, 0.1) is 18.4 Å². The quantitative estimate of drug-likeness (QED) is 0.558. The Morgan fingerprint density at radius 2 is 1.45 bits per heavy atom. The van der Waals surface area contributed by atoms with Gasteiger partial charge >= 0.3 is 0 Å². The second-order valence-corrected chi connectivity index (χ2v) is 6.41. The minimum atomic E-state index is -0.364. The van der Waals surface area contributed by atoms with Crippen molar-refractivity contribution in [2.75, 3.05) is 17.7 Å². The summed E-state index contributed by atoms with van der Waals surface area (Å²) in [6.07, 6.45) is 0. The minimum absolute atomic E-state index is 0.0887. The maximum absolute atomic E-state index is 12.6. The third kappa shape index (κ3) is 5.40. The summed E-state index contributed by atoms with van der Waals surface area (Å²) in [5.41, 5.74) is 2.01. The molecule has 0 aliphatic heterocycles. The van der Waals surface area contributed by atoms with E-state index in [1.54, 1.807) is 67.8 Å². The van der Waals surface area contributed by atoms with Crippen LogP contribution in [0.2, 0.25) is 0 Å². The first kappa shape index (κ1) is 20.0. The number of benzene rings is 3. The average molecular weight is 405 g/mol. The molecule has 0 spiro atoms. The molecule has 0 atom stereocenters. The lowest BCUT2D eigenvalue weighted by molar-refractivity contribution is 0.0976. The lowest BCUT2D eigenvalue weighted by Crippen LogP contribution is -2.34. The smallest absolute Gasteiger partial charge is 0.257 e. The van der Waals surface area contributed by atoms with Crippen LogP contribution in [-0.2, 0) is 0 Å². The number of carbonyl (C=O) groups is 2. The van der Waals surface area contributed by atoms with E-state index in [0.29, 0.717) is 28.3 Å². The first-order chi connectivity index (χ1) is 14.1. The molecule has 0 aliphatic rings. The normalized spacial score (nSPS) is 9.97. The van der Waals surface area contributed by atoms with Crippen LogP contribution in [0.5, 0.6) is 5.75 Å². The fraction of sp³-hybridized carbons (Fsp3) is 0.0455. The van der Waals surface area contributed by atoms with Crippen LogP contribution in [-0.4, -0.2) is 24.0 Å². The number of rotatable bonds is 5. The molecule has 0 aromatic heterocycles. The largest absolute Gasteiger partial charge is 0.497 e. The van der Waals surface area contributed by atoms with Crippen molar-refractivity contribution in [3.05, 3.63) is 90.0 Å². The fourth-order valence-electron chi connectivity index (χ4n) is 2.58. The van der Waals surface area contributed by atoms with E-state index in [-0.39, 0.29) is 16.9 Å². The summed E-state index contributed by atoms with van der Waals surface area (Å²) in [5, 5.41) is 8.44. The Labute approximate surface area is 173 Å². The molecule has 7 heteroatoms. The molecule has 0 heterocycles. The van der Waals surface area contributed by atoms with Gasteiger partial charge in [-0.25, -0.2) is 0 Å². The molecule has 0 aliphatic carbocycles. The molecule has 146 valence electrons. The van der Waals surface area contributed by atoms with Crippen LogP contribution < -0.4 is 20.7 Å². The Kier molecular flexibility index (Phi) is 6.55. The number of ether oxygens (including phenoxy) is 1. The Morgan fingerprint density at radius 1 is 0.793 bits per heavy atom. The molecule has 29 heavy (non-hydrogen) atoms. The van der Waals surface area contributed by atoms with Crippen molar-refractivity contribution < 1.29 is 14.3 Å². The summed E-state index contributed by atoms with van der Waals surface area (Å²) in [6.45, 7) is 0. The molecule has 0 unspecified atom stereocenters. The molecule has 3 aromatic carbocycles. The predicted octanol–water partition coefficient (Wildman–Crippen LogP) is 4.07. The third-order valence-electron chi connectivity index (χ3n) is 4.03. The van der Waals surface area contributed by atoms with E-state index in [0.717, 1.165) is 0 Å². The highest BCUT2D eigenvalue weighted by atomic mass is 32.1. The standard InChI is InChI=1S/C22H19N3O3S/c1-28-17-13-11-15(12-14-17)20(26)25-22(29)24-19-10-6-5-9-18(19)21(27)23-16-7-3-2-4-8-16/h2-14H,1H3,(H,23,27)(H2,24,25,26,29). The Morgan fingerprint density at radius 3 is 2.14 bits per heavy atom. The molecule has 0 radical (unpaired) electrons. The predicted molar refractivity (Wildman–Crippen MR) is 118 cm³/mol. The number of para-hydroxylation sites is 2. The highest BCUT2D eigenvalue weighted by Gasteiger charge is 2.14. The van der Waals surface area contributed by atoms with Gasteiger partial charge < -0.3 is 15.4 Å². The summed E-state index contributed by atoms with van der Waals surface area (Å²) in [7, 11) is 1.56. The van der Waals surface area contributed by atoms with Crippen LogP contribution in [0.15, 0.2) is 78.9 Å². The molecule has 6 nitrogen and oxygen atoms in total.